The highest BCUT2D eigenvalue weighted by atomic mass is 16.8. The first kappa shape index (κ1) is 69.2. The van der Waals surface area contributed by atoms with Gasteiger partial charge in [0.2, 0.25) is 0 Å². The van der Waals surface area contributed by atoms with E-state index in [9.17, 15) is 45.6 Å². The normalized spacial score (nSPS) is 53.4. The Morgan fingerprint density at radius 2 is 0.932 bits per heavy atom. The van der Waals surface area contributed by atoms with Crippen molar-refractivity contribution in [2.75, 3.05) is 42.2 Å². The Kier molecular flexibility index (Phi) is 21.7. The molecule has 88 heavy (non-hydrogen) atoms. The quantitative estimate of drug-likeness (QED) is 0.0842. The fraction of sp³-hybridized carbons (Fsp3) is 0.952. The summed E-state index contributed by atoms with van der Waals surface area (Å²) in [7, 11) is 7.99. The first-order valence-corrected chi connectivity index (χ1v) is 31.9. The minimum Gasteiger partial charge on any atom is -0.394 e. The predicted octanol–water partition coefficient (Wildman–Crippen LogP) is 1.19. The van der Waals surface area contributed by atoms with Crippen LogP contribution >= 0.6 is 0 Å². The summed E-state index contributed by atoms with van der Waals surface area (Å²) < 4.78 is 107. The number of hydrogen-bond donors (Lipinski definition) is 8. The lowest BCUT2D eigenvalue weighted by Gasteiger charge is -2.66. The summed E-state index contributed by atoms with van der Waals surface area (Å²) in [5, 5.41) is 89.2. The summed E-state index contributed by atoms with van der Waals surface area (Å²) in [5.41, 5.74) is -4.79. The van der Waals surface area contributed by atoms with Gasteiger partial charge in [0.05, 0.1) is 86.0 Å². The van der Waals surface area contributed by atoms with Gasteiger partial charge in [-0.05, 0) is 85.5 Å². The molecule has 4 aliphatic carbocycles. The number of methoxy groups -OCH3 is 5. The molecule has 6 aliphatic heterocycles. The first-order chi connectivity index (χ1) is 41.7. The first-order valence-electron chi connectivity index (χ1n) is 31.9. The van der Waals surface area contributed by atoms with E-state index in [4.69, 9.17) is 80.5 Å². The monoisotopic (exact) mass is 1260 g/mol. The smallest absolute Gasteiger partial charge is 0.187 e. The van der Waals surface area contributed by atoms with Gasteiger partial charge in [-0.2, -0.15) is 0 Å². The minimum absolute atomic E-state index is 0.0213. The van der Waals surface area contributed by atoms with E-state index in [1.54, 1.807) is 42.3 Å². The Balaban J connectivity index is 0.687. The molecule has 0 spiro atoms. The number of ether oxygens (including phenoxy) is 17. The zero-order valence-corrected chi connectivity index (χ0v) is 53.3. The zero-order chi connectivity index (χ0) is 63.7. The van der Waals surface area contributed by atoms with E-state index in [1.165, 1.54) is 14.0 Å². The van der Waals surface area contributed by atoms with Crippen molar-refractivity contribution in [2.24, 2.45) is 22.7 Å². The third-order valence-corrected chi connectivity index (χ3v) is 22.3. The molecule has 0 amide bonds. The molecule has 0 aromatic rings. The highest BCUT2D eigenvalue weighted by Crippen LogP contribution is 2.69. The lowest BCUT2D eigenvalue weighted by atomic mass is 9.42. The van der Waals surface area contributed by atoms with E-state index in [-0.39, 0.29) is 37.6 Å². The molecular weight excluding hydrogens is 1160 g/mol. The molecule has 6 saturated heterocycles. The van der Waals surface area contributed by atoms with Gasteiger partial charge in [0.25, 0.3) is 0 Å². The van der Waals surface area contributed by atoms with Crippen LogP contribution in [-0.4, -0.2) is 272 Å². The Labute approximate surface area is 516 Å². The number of Topliss-reactive ketones (excluding diaryl/α,β-unsaturated/α-hetero) is 1. The van der Waals surface area contributed by atoms with Crippen molar-refractivity contribution in [1.82, 2.24) is 0 Å². The van der Waals surface area contributed by atoms with Crippen molar-refractivity contribution in [2.45, 2.75) is 309 Å². The van der Waals surface area contributed by atoms with Crippen LogP contribution in [0.2, 0.25) is 0 Å². The van der Waals surface area contributed by atoms with Crippen LogP contribution in [0.4, 0.5) is 0 Å². The predicted molar refractivity (Wildman–Crippen MR) is 303 cm³/mol. The van der Waals surface area contributed by atoms with Crippen LogP contribution in [0, 0.1) is 22.7 Å². The van der Waals surface area contributed by atoms with Gasteiger partial charge >= 0.3 is 0 Å². The van der Waals surface area contributed by atoms with Crippen LogP contribution < -0.4 is 0 Å². The standard InChI is InChI=1S/C62H102O26/c1-27(64)35-19-44(66)62(71)60(35,8)43(65)25-42-59(7)16-15-34(18-33(59)14-17-61(42,62)70)82-45-20-36(72-9)53(28(2)77-45)84-46-21-37(73-10)54(29(3)78-46)85-47-22-38(74-11)55(30(4)79-47)86-48-23-39(75-12)56(31(5)80-48)87-49-24-40(76-13)57(32(6)81-49)88-58-52(69)51(68)50(67)41(26-63)83-58/h14,28-32,34-58,63,65-71H,15-26H2,1-13H3/t28-,29-,30-,31-,32-,34+,35+,36-,37-,38-,39+,40-,41-,42-,43-,44-,45+,46+,47+,48+,49+,50-,51+,52-,53-,54-,55-,56-,57-,58+,59+,60+,61+,62-/m1/s1. The summed E-state index contributed by atoms with van der Waals surface area (Å²) in [5.74, 6) is -1.59. The maximum Gasteiger partial charge on any atom is 0.187 e. The number of carbonyl (C=O) groups excluding carboxylic acids is 1. The number of aliphatic hydroxyl groups is 8. The second-order valence-corrected chi connectivity index (χ2v) is 27.1. The van der Waals surface area contributed by atoms with Gasteiger partial charge in [-0.3, -0.25) is 4.79 Å². The molecule has 26 nitrogen and oxygen atoms in total. The molecule has 9 fully saturated rings. The maximum atomic E-state index is 12.8. The van der Waals surface area contributed by atoms with Gasteiger partial charge in [-0.1, -0.05) is 25.5 Å². The van der Waals surface area contributed by atoms with Crippen LogP contribution in [-0.2, 0) is 85.3 Å². The number of hydrogen-bond acceptors (Lipinski definition) is 26. The molecule has 0 bridgehead atoms. The summed E-state index contributed by atoms with van der Waals surface area (Å²) >= 11 is 0. The van der Waals surface area contributed by atoms with E-state index in [2.05, 4.69) is 6.92 Å². The van der Waals surface area contributed by atoms with E-state index in [0.717, 1.165) is 5.57 Å². The van der Waals surface area contributed by atoms with Gasteiger partial charge in [0.15, 0.2) is 37.7 Å². The van der Waals surface area contributed by atoms with Crippen LogP contribution in [0.1, 0.15) is 126 Å². The van der Waals surface area contributed by atoms with Gasteiger partial charge in [-0.25, -0.2) is 0 Å². The number of fused-ring (bicyclic) bond motifs is 5. The summed E-state index contributed by atoms with van der Waals surface area (Å²) in [6.07, 6.45) is -15.9. The molecular formula is C62H102O26. The Bertz CT molecular complexity index is 2360. The molecule has 0 unspecified atom stereocenters. The summed E-state index contributed by atoms with van der Waals surface area (Å²) in [6, 6.07) is 0. The van der Waals surface area contributed by atoms with Crippen molar-refractivity contribution in [3.05, 3.63) is 11.6 Å². The summed E-state index contributed by atoms with van der Waals surface area (Å²) in [6.45, 7) is 13.9. The number of aliphatic hydroxyl groups excluding tert-OH is 6. The average Bonchev–Trinajstić information content (AvgIpc) is 1.33. The fourth-order valence-electron chi connectivity index (χ4n) is 17.2. The van der Waals surface area contributed by atoms with Crippen molar-refractivity contribution >= 4 is 5.78 Å². The highest BCUT2D eigenvalue weighted by Gasteiger charge is 2.79. The third-order valence-electron chi connectivity index (χ3n) is 22.3. The maximum absolute atomic E-state index is 12.8. The average molecular weight is 1260 g/mol. The molecule has 0 aromatic heterocycles. The molecule has 506 valence electrons. The fourth-order valence-corrected chi connectivity index (χ4v) is 17.2. The third kappa shape index (κ3) is 12.5. The van der Waals surface area contributed by atoms with Gasteiger partial charge in [0.1, 0.15) is 71.9 Å². The second-order valence-electron chi connectivity index (χ2n) is 27.1. The van der Waals surface area contributed by atoms with Gasteiger partial charge < -0.3 is 121 Å². The molecule has 8 N–H and O–H groups in total. The molecule has 0 aromatic carbocycles. The van der Waals surface area contributed by atoms with E-state index in [1.807, 2.05) is 33.8 Å². The second kappa shape index (κ2) is 27.6. The topological polar surface area (TPSA) is 336 Å². The van der Waals surface area contributed by atoms with Gasteiger partial charge in [-0.15, -0.1) is 0 Å². The number of rotatable bonds is 19. The molecule has 10 aliphatic rings. The Morgan fingerprint density at radius 3 is 1.32 bits per heavy atom. The Morgan fingerprint density at radius 1 is 0.534 bits per heavy atom. The van der Waals surface area contributed by atoms with E-state index >= 15 is 0 Å². The van der Waals surface area contributed by atoms with Crippen LogP contribution in [0.25, 0.3) is 0 Å². The van der Waals surface area contributed by atoms with Crippen molar-refractivity contribution in [3.8, 4) is 0 Å². The molecule has 10 rings (SSSR count). The van der Waals surface area contributed by atoms with Crippen molar-refractivity contribution < 1.29 is 126 Å². The van der Waals surface area contributed by atoms with E-state index in [0.29, 0.717) is 44.9 Å². The molecule has 3 saturated carbocycles. The number of ketones is 1. The van der Waals surface area contributed by atoms with Gasteiger partial charge in [0, 0.05) is 84.9 Å². The zero-order valence-electron chi connectivity index (χ0n) is 53.3. The van der Waals surface area contributed by atoms with Crippen LogP contribution in [0.15, 0.2) is 11.6 Å². The molecule has 6 heterocycles. The van der Waals surface area contributed by atoms with Crippen molar-refractivity contribution in [3.63, 3.8) is 0 Å². The van der Waals surface area contributed by atoms with Crippen LogP contribution in [0.5, 0.6) is 0 Å². The molecule has 0 radical (unpaired) electrons. The van der Waals surface area contributed by atoms with Crippen LogP contribution in [0.3, 0.4) is 0 Å². The summed E-state index contributed by atoms with van der Waals surface area (Å²) in [4.78, 5) is 12.8. The lowest BCUT2D eigenvalue weighted by molar-refractivity contribution is -0.360. The highest BCUT2D eigenvalue weighted by molar-refractivity contribution is 5.80. The van der Waals surface area contributed by atoms with Crippen molar-refractivity contribution in [1.29, 1.82) is 0 Å². The molecule has 34 atom stereocenters. The number of carbonyl (C=O) groups is 1. The Hall–Kier alpha value is -1.59. The largest absolute Gasteiger partial charge is 0.394 e. The lowest BCUT2D eigenvalue weighted by Crippen LogP contribution is -2.78. The SMILES string of the molecule is CO[C@H]1C[C@H](O[C@@H]2[C@@H](C)O[C@@H](O[C@@H]3[C@@H](C)O[C@@H](O[C@@H]4[C@@H](C)O[C@@H](O[C@H]5CC[C@@]6(C)C(=CC[C@]7(O)[C@@H]6C[C@@H](O)[C@]6(C)[C@H](C(C)=O)C[C@@H](O)[C@@]67O)C5)C[C@H]4OC)C[C@H]3OC)C[C@H]2OC)O[C@H](C)[C@H]1O[C@H]1C[C@@H](OC)[C@H](O[C@@H]2O[C@H](CO)[C@@H](O)[C@H](O)[C@H]2O)[C@@H](C)O1. The minimum atomic E-state index is -2.09. The van der Waals surface area contributed by atoms with E-state index < -0.39 is 206 Å². The molecule has 26 heteroatoms.